The highest BCUT2D eigenvalue weighted by Gasteiger charge is 2.36. The molecule has 2 aromatic rings. The molecule has 1 N–H and O–H groups in total. The van der Waals surface area contributed by atoms with Crippen LogP contribution in [0.1, 0.15) is 5.69 Å². The normalized spacial score (nSPS) is 11.8. The summed E-state index contributed by atoms with van der Waals surface area (Å²) in [6.07, 6.45) is -1.82. The predicted molar refractivity (Wildman–Crippen MR) is 52.3 cm³/mol. The summed E-state index contributed by atoms with van der Waals surface area (Å²) in [5.74, 6) is 0.0431. The molecule has 0 fully saturated rings. The second kappa shape index (κ2) is 3.85. The zero-order chi connectivity index (χ0) is 11.8. The van der Waals surface area contributed by atoms with Gasteiger partial charge in [-0.15, -0.1) is 0 Å². The lowest BCUT2D eigenvalue weighted by atomic mass is 10.4. The van der Waals surface area contributed by atoms with Crippen molar-refractivity contribution in [3.05, 3.63) is 28.9 Å². The number of nitrogens with one attached hydrogen (secondary N) is 1. The number of nitrogens with zero attached hydrogens (tertiary/aromatic N) is 3. The number of aromatic nitrogens is 4. The van der Waals surface area contributed by atoms with Crippen molar-refractivity contribution in [2.45, 2.75) is 6.18 Å². The third-order valence-corrected chi connectivity index (χ3v) is 2.34. The number of alkyl halides is 3. The molecule has 0 saturated carbocycles. The van der Waals surface area contributed by atoms with Crippen LogP contribution >= 0.6 is 15.9 Å². The van der Waals surface area contributed by atoms with Crippen molar-refractivity contribution in [3.63, 3.8) is 0 Å². The van der Waals surface area contributed by atoms with Crippen LogP contribution in [-0.4, -0.2) is 19.9 Å². The lowest BCUT2D eigenvalue weighted by molar-refractivity contribution is -0.141. The predicted octanol–water partition coefficient (Wildman–Crippen LogP) is 2.65. The van der Waals surface area contributed by atoms with E-state index in [-0.39, 0.29) is 10.4 Å². The van der Waals surface area contributed by atoms with Gasteiger partial charge in [0.25, 0.3) is 0 Å². The Balaban J connectivity index is 2.47. The van der Waals surface area contributed by atoms with E-state index in [4.69, 9.17) is 0 Å². The molecule has 4 nitrogen and oxygen atoms in total. The molecule has 0 bridgehead atoms. The van der Waals surface area contributed by atoms with Crippen LogP contribution < -0.4 is 0 Å². The lowest BCUT2D eigenvalue weighted by Crippen LogP contribution is -2.06. The van der Waals surface area contributed by atoms with Gasteiger partial charge in [0.15, 0.2) is 11.5 Å². The Labute approximate surface area is 96.1 Å². The summed E-state index contributed by atoms with van der Waals surface area (Å²) < 4.78 is 37.0. The van der Waals surface area contributed by atoms with Gasteiger partial charge in [-0.3, -0.25) is 0 Å². The first-order chi connectivity index (χ1) is 7.48. The second-order valence-electron chi connectivity index (χ2n) is 2.84. The minimum Gasteiger partial charge on any atom is -0.332 e. The molecule has 0 atom stereocenters. The van der Waals surface area contributed by atoms with E-state index in [1.54, 1.807) is 0 Å². The zero-order valence-electron chi connectivity index (χ0n) is 7.59. The van der Waals surface area contributed by atoms with E-state index in [2.05, 4.69) is 35.9 Å². The third-order valence-electron chi connectivity index (χ3n) is 1.77. The first-order valence-corrected chi connectivity index (χ1v) is 4.87. The van der Waals surface area contributed by atoms with Crippen molar-refractivity contribution in [2.75, 3.05) is 0 Å². The fraction of sp³-hybridized carbons (Fsp3) is 0.125. The van der Waals surface area contributed by atoms with Gasteiger partial charge in [0.2, 0.25) is 0 Å². The molecule has 2 heterocycles. The Morgan fingerprint density at radius 1 is 1.31 bits per heavy atom. The molecule has 0 spiro atoms. The second-order valence-corrected chi connectivity index (χ2v) is 3.59. The van der Waals surface area contributed by atoms with Gasteiger partial charge in [0.05, 0.1) is 0 Å². The van der Waals surface area contributed by atoms with Gasteiger partial charge in [-0.1, -0.05) is 0 Å². The summed E-state index contributed by atoms with van der Waals surface area (Å²) in [5, 5.41) is 0. The van der Waals surface area contributed by atoms with Gasteiger partial charge in [-0.2, -0.15) is 13.2 Å². The summed E-state index contributed by atoms with van der Waals surface area (Å²) in [5.41, 5.74) is -0.632. The van der Waals surface area contributed by atoms with Crippen molar-refractivity contribution in [3.8, 4) is 11.5 Å². The zero-order valence-corrected chi connectivity index (χ0v) is 9.17. The van der Waals surface area contributed by atoms with Crippen molar-refractivity contribution < 1.29 is 13.2 Å². The number of hydrogen-bond donors (Lipinski definition) is 1. The van der Waals surface area contributed by atoms with Gasteiger partial charge in [-0.25, -0.2) is 15.0 Å². The molecular weight excluding hydrogens is 289 g/mol. The molecule has 2 aromatic heterocycles. The van der Waals surface area contributed by atoms with Crippen molar-refractivity contribution in [1.29, 1.82) is 0 Å². The summed E-state index contributed by atoms with van der Waals surface area (Å²) >= 11 is 2.74. The first-order valence-electron chi connectivity index (χ1n) is 4.07. The standard InChI is InChI=1S/C8H4BrF3N4/c9-6-5(8(10,11)12)15-7(16-6)4-1-2-13-3-14-4/h1-3H,(H,15,16). The molecule has 0 saturated heterocycles. The molecule has 84 valence electrons. The van der Waals surface area contributed by atoms with Crippen LogP contribution in [0.25, 0.3) is 11.5 Å². The SMILES string of the molecule is FC(F)(F)c1[nH]c(-c2ccncn2)nc1Br. The molecule has 16 heavy (non-hydrogen) atoms. The highest BCUT2D eigenvalue weighted by molar-refractivity contribution is 9.10. The first kappa shape index (κ1) is 11.1. The van der Waals surface area contributed by atoms with E-state index >= 15 is 0 Å². The molecule has 2 rings (SSSR count). The maximum atomic E-state index is 12.4. The molecule has 8 heteroatoms. The third kappa shape index (κ3) is 2.06. The molecule has 0 unspecified atom stereocenters. The van der Waals surface area contributed by atoms with Gasteiger partial charge < -0.3 is 4.98 Å². The Bertz CT molecular complexity index is 494. The fourth-order valence-corrected chi connectivity index (χ4v) is 1.59. The number of imidazole rings is 1. The maximum absolute atomic E-state index is 12.4. The average Bonchev–Trinajstić information content (AvgIpc) is 2.61. The van der Waals surface area contributed by atoms with Crippen LogP contribution in [0.5, 0.6) is 0 Å². The van der Waals surface area contributed by atoms with E-state index in [0.717, 1.165) is 0 Å². The van der Waals surface area contributed by atoms with E-state index < -0.39 is 11.9 Å². The summed E-state index contributed by atoms with van der Waals surface area (Å²) in [6.45, 7) is 0. The van der Waals surface area contributed by atoms with Crippen molar-refractivity contribution in [1.82, 2.24) is 19.9 Å². The lowest BCUT2D eigenvalue weighted by Gasteiger charge is -2.02. The monoisotopic (exact) mass is 292 g/mol. The largest absolute Gasteiger partial charge is 0.433 e. The Morgan fingerprint density at radius 3 is 2.56 bits per heavy atom. The number of halogens is 4. The molecule has 0 aliphatic heterocycles. The summed E-state index contributed by atoms with van der Waals surface area (Å²) in [6, 6.07) is 1.46. The summed E-state index contributed by atoms with van der Waals surface area (Å²) in [4.78, 5) is 13.3. The smallest absolute Gasteiger partial charge is 0.332 e. The molecule has 0 aliphatic rings. The molecule has 0 amide bonds. The van der Waals surface area contributed by atoms with Crippen molar-refractivity contribution in [2.24, 2.45) is 0 Å². The highest BCUT2D eigenvalue weighted by atomic mass is 79.9. The van der Waals surface area contributed by atoms with Gasteiger partial charge >= 0.3 is 6.18 Å². The van der Waals surface area contributed by atoms with Crippen LogP contribution in [0.2, 0.25) is 0 Å². The van der Waals surface area contributed by atoms with Crippen LogP contribution in [0.15, 0.2) is 23.2 Å². The fourth-order valence-electron chi connectivity index (χ4n) is 1.09. The Morgan fingerprint density at radius 2 is 2.06 bits per heavy atom. The molecule has 0 aliphatic carbocycles. The van der Waals surface area contributed by atoms with E-state index in [1.807, 2.05) is 0 Å². The Hall–Kier alpha value is -1.44. The van der Waals surface area contributed by atoms with Crippen LogP contribution in [0.3, 0.4) is 0 Å². The molecular formula is C8H4BrF3N4. The quantitative estimate of drug-likeness (QED) is 0.879. The van der Waals surface area contributed by atoms with E-state index in [0.29, 0.717) is 5.69 Å². The van der Waals surface area contributed by atoms with Crippen LogP contribution in [-0.2, 0) is 6.18 Å². The number of rotatable bonds is 1. The number of hydrogen-bond acceptors (Lipinski definition) is 3. The van der Waals surface area contributed by atoms with Gasteiger partial charge in [0.1, 0.15) is 16.6 Å². The average molecular weight is 293 g/mol. The minimum atomic E-state index is -4.48. The van der Waals surface area contributed by atoms with Crippen LogP contribution in [0, 0.1) is 0 Å². The maximum Gasteiger partial charge on any atom is 0.433 e. The van der Waals surface area contributed by atoms with Gasteiger partial charge in [0, 0.05) is 6.20 Å². The number of H-pyrrole nitrogens is 1. The van der Waals surface area contributed by atoms with E-state index in [1.165, 1.54) is 18.6 Å². The van der Waals surface area contributed by atoms with Crippen LogP contribution in [0.4, 0.5) is 13.2 Å². The van der Waals surface area contributed by atoms with E-state index in [9.17, 15) is 13.2 Å². The highest BCUT2D eigenvalue weighted by Crippen LogP contribution is 2.34. The number of aromatic amines is 1. The van der Waals surface area contributed by atoms with Crippen molar-refractivity contribution >= 4 is 15.9 Å². The minimum absolute atomic E-state index is 0.0431. The molecule has 0 radical (unpaired) electrons. The Kier molecular flexibility index (Phi) is 2.66. The topological polar surface area (TPSA) is 54.5 Å². The van der Waals surface area contributed by atoms with Gasteiger partial charge in [-0.05, 0) is 22.0 Å². The molecule has 0 aromatic carbocycles. The summed E-state index contributed by atoms with van der Waals surface area (Å²) in [7, 11) is 0.